The highest BCUT2D eigenvalue weighted by Crippen LogP contribution is 2.51. The smallest absolute Gasteiger partial charge is 0.00201 e. The quantitative estimate of drug-likeness (QED) is 0.199. The highest BCUT2D eigenvalue weighted by Gasteiger charge is 2.24. The average molecular weight is 531 g/mol. The van der Waals surface area contributed by atoms with E-state index in [4.69, 9.17) is 0 Å². The van der Waals surface area contributed by atoms with E-state index in [1.54, 1.807) is 0 Å². The number of hydrogen-bond donors (Lipinski definition) is 0. The molecule has 0 spiro atoms. The highest BCUT2D eigenvalue weighted by molar-refractivity contribution is 6.26. The number of fused-ring (bicyclic) bond motifs is 5. The maximum Gasteiger partial charge on any atom is -0.00201 e. The van der Waals surface area contributed by atoms with Gasteiger partial charge in [0.15, 0.2) is 0 Å². The minimum Gasteiger partial charge on any atom is -0.0622 e. The third-order valence-electron chi connectivity index (χ3n) is 9.03. The van der Waals surface area contributed by atoms with Gasteiger partial charge in [-0.15, -0.1) is 0 Å². The minimum atomic E-state index is 1.23. The molecule has 0 aromatic heterocycles. The SMILES string of the molecule is c1ccc(-c2ccc(-c3c4ccccc4c(-c4ccc5c6c(cccc46)-c4ccccc4-5)c4ccccc34)cc2)cc1. The van der Waals surface area contributed by atoms with Crippen molar-refractivity contribution in [2.24, 2.45) is 0 Å². The van der Waals surface area contributed by atoms with E-state index in [2.05, 4.69) is 158 Å². The van der Waals surface area contributed by atoms with Crippen LogP contribution in [0.3, 0.4) is 0 Å². The Hall–Kier alpha value is -5.46. The first-order chi connectivity index (χ1) is 20.9. The van der Waals surface area contributed by atoms with Gasteiger partial charge in [-0.25, -0.2) is 0 Å². The van der Waals surface area contributed by atoms with Crippen molar-refractivity contribution in [3.63, 3.8) is 0 Å². The predicted molar refractivity (Wildman–Crippen MR) is 180 cm³/mol. The zero-order chi connectivity index (χ0) is 27.6. The molecule has 1 aliphatic rings. The summed E-state index contributed by atoms with van der Waals surface area (Å²) in [6, 6.07) is 57.9. The van der Waals surface area contributed by atoms with Crippen LogP contribution in [-0.4, -0.2) is 0 Å². The maximum atomic E-state index is 2.35. The van der Waals surface area contributed by atoms with Crippen molar-refractivity contribution in [3.8, 4) is 55.6 Å². The molecule has 0 radical (unpaired) electrons. The van der Waals surface area contributed by atoms with E-state index in [0.717, 1.165) is 0 Å². The van der Waals surface area contributed by atoms with Crippen LogP contribution in [-0.2, 0) is 0 Å². The van der Waals surface area contributed by atoms with Gasteiger partial charge in [0, 0.05) is 0 Å². The zero-order valence-electron chi connectivity index (χ0n) is 23.0. The van der Waals surface area contributed by atoms with Crippen molar-refractivity contribution < 1.29 is 0 Å². The van der Waals surface area contributed by atoms with Crippen LogP contribution >= 0.6 is 0 Å². The normalized spacial score (nSPS) is 11.8. The third-order valence-corrected chi connectivity index (χ3v) is 9.03. The van der Waals surface area contributed by atoms with Gasteiger partial charge in [-0.1, -0.05) is 158 Å². The largest absolute Gasteiger partial charge is 0.0622 e. The Bertz CT molecular complexity index is 2240. The molecule has 0 N–H and O–H groups in total. The van der Waals surface area contributed by atoms with E-state index >= 15 is 0 Å². The van der Waals surface area contributed by atoms with Crippen molar-refractivity contribution >= 4 is 32.3 Å². The molecule has 0 saturated heterocycles. The van der Waals surface area contributed by atoms with Crippen molar-refractivity contribution in [2.75, 3.05) is 0 Å². The Labute approximate surface area is 245 Å². The van der Waals surface area contributed by atoms with Crippen LogP contribution in [0.5, 0.6) is 0 Å². The molecule has 0 heteroatoms. The Morgan fingerprint density at radius 3 is 1.29 bits per heavy atom. The lowest BCUT2D eigenvalue weighted by atomic mass is 9.84. The zero-order valence-corrected chi connectivity index (χ0v) is 23.0. The molecule has 42 heavy (non-hydrogen) atoms. The van der Waals surface area contributed by atoms with Gasteiger partial charge in [0.1, 0.15) is 0 Å². The molecule has 8 aromatic carbocycles. The summed E-state index contributed by atoms with van der Waals surface area (Å²) in [6.07, 6.45) is 0. The topological polar surface area (TPSA) is 0 Å². The van der Waals surface area contributed by atoms with Gasteiger partial charge in [-0.05, 0) is 88.0 Å². The first kappa shape index (κ1) is 23.3. The summed E-state index contributed by atoms with van der Waals surface area (Å²) >= 11 is 0. The average Bonchev–Trinajstić information content (AvgIpc) is 3.39. The van der Waals surface area contributed by atoms with E-state index < -0.39 is 0 Å². The summed E-state index contributed by atoms with van der Waals surface area (Å²) in [5.41, 5.74) is 13.0. The second-order valence-corrected chi connectivity index (χ2v) is 11.2. The second-order valence-electron chi connectivity index (χ2n) is 11.2. The maximum absolute atomic E-state index is 2.35. The van der Waals surface area contributed by atoms with Crippen molar-refractivity contribution in [3.05, 3.63) is 158 Å². The summed E-state index contributed by atoms with van der Waals surface area (Å²) in [5, 5.41) is 7.82. The van der Waals surface area contributed by atoms with E-state index in [1.807, 2.05) is 0 Å². The summed E-state index contributed by atoms with van der Waals surface area (Å²) < 4.78 is 0. The molecule has 194 valence electrons. The van der Waals surface area contributed by atoms with Crippen molar-refractivity contribution in [2.45, 2.75) is 0 Å². The Balaban J connectivity index is 1.33. The van der Waals surface area contributed by atoms with Gasteiger partial charge >= 0.3 is 0 Å². The van der Waals surface area contributed by atoms with Gasteiger partial charge in [0.25, 0.3) is 0 Å². The standard InChI is InChI=1S/C42H26/c1-2-11-27(12-3-1)28-21-23-29(24-22-28)40-33-15-6-8-17-35(33)42(36-18-9-7-16-34(36)40)39-26-25-38-31-14-5-4-13-30(31)32-19-10-20-37(39)41(32)38/h1-26H. The van der Waals surface area contributed by atoms with Gasteiger partial charge in [-0.2, -0.15) is 0 Å². The molecule has 0 nitrogen and oxygen atoms in total. The first-order valence-corrected chi connectivity index (χ1v) is 14.6. The molecule has 0 atom stereocenters. The molecule has 0 aliphatic heterocycles. The number of rotatable bonds is 3. The van der Waals surface area contributed by atoms with Crippen LogP contribution in [0.15, 0.2) is 158 Å². The number of benzene rings is 8. The van der Waals surface area contributed by atoms with Crippen LogP contribution in [0.25, 0.3) is 88.0 Å². The fourth-order valence-corrected chi connectivity index (χ4v) is 7.22. The van der Waals surface area contributed by atoms with Crippen LogP contribution in [0.2, 0.25) is 0 Å². The van der Waals surface area contributed by atoms with E-state index in [1.165, 1.54) is 88.0 Å². The highest BCUT2D eigenvalue weighted by atomic mass is 14.3. The van der Waals surface area contributed by atoms with Gasteiger partial charge in [0.2, 0.25) is 0 Å². The Kier molecular flexibility index (Phi) is 5.00. The Morgan fingerprint density at radius 2 is 0.643 bits per heavy atom. The monoisotopic (exact) mass is 530 g/mol. The molecular formula is C42H26. The van der Waals surface area contributed by atoms with Gasteiger partial charge < -0.3 is 0 Å². The third kappa shape index (κ3) is 3.30. The molecule has 0 saturated carbocycles. The summed E-state index contributed by atoms with van der Waals surface area (Å²) in [5.74, 6) is 0. The predicted octanol–water partition coefficient (Wildman–Crippen LogP) is 11.8. The van der Waals surface area contributed by atoms with Crippen LogP contribution in [0.4, 0.5) is 0 Å². The van der Waals surface area contributed by atoms with Gasteiger partial charge in [-0.3, -0.25) is 0 Å². The van der Waals surface area contributed by atoms with E-state index in [0.29, 0.717) is 0 Å². The number of hydrogen-bond acceptors (Lipinski definition) is 0. The molecule has 0 fully saturated rings. The van der Waals surface area contributed by atoms with Gasteiger partial charge in [0.05, 0.1) is 0 Å². The lowest BCUT2D eigenvalue weighted by Gasteiger charge is -2.19. The summed E-state index contributed by atoms with van der Waals surface area (Å²) in [7, 11) is 0. The molecule has 0 amide bonds. The summed E-state index contributed by atoms with van der Waals surface area (Å²) in [4.78, 5) is 0. The fourth-order valence-electron chi connectivity index (χ4n) is 7.22. The first-order valence-electron chi connectivity index (χ1n) is 14.6. The summed E-state index contributed by atoms with van der Waals surface area (Å²) in [6.45, 7) is 0. The lowest BCUT2D eigenvalue weighted by molar-refractivity contribution is 1.61. The van der Waals surface area contributed by atoms with Crippen LogP contribution in [0, 0.1) is 0 Å². The molecule has 0 heterocycles. The Morgan fingerprint density at radius 1 is 0.214 bits per heavy atom. The molecular weight excluding hydrogens is 504 g/mol. The van der Waals surface area contributed by atoms with Crippen LogP contribution in [0.1, 0.15) is 0 Å². The lowest BCUT2D eigenvalue weighted by Crippen LogP contribution is -1.92. The molecule has 1 aliphatic carbocycles. The van der Waals surface area contributed by atoms with E-state index in [-0.39, 0.29) is 0 Å². The van der Waals surface area contributed by atoms with Crippen LogP contribution < -0.4 is 0 Å². The van der Waals surface area contributed by atoms with Crippen molar-refractivity contribution in [1.82, 2.24) is 0 Å². The van der Waals surface area contributed by atoms with Crippen molar-refractivity contribution in [1.29, 1.82) is 0 Å². The minimum absolute atomic E-state index is 1.23. The molecule has 0 unspecified atom stereocenters. The van der Waals surface area contributed by atoms with E-state index in [9.17, 15) is 0 Å². The molecule has 9 rings (SSSR count). The fraction of sp³-hybridized carbons (Fsp3) is 0. The molecule has 0 bridgehead atoms. The molecule has 8 aromatic rings. The second kappa shape index (κ2) is 9.03.